The molecule has 3 amide bonds. The molecule has 2 heterocycles. The van der Waals surface area contributed by atoms with Gasteiger partial charge in [0.05, 0.1) is 42.3 Å². The topological polar surface area (TPSA) is 133 Å². The van der Waals surface area contributed by atoms with Gasteiger partial charge in [-0.05, 0) is 29.8 Å². The molecule has 0 unspecified atom stereocenters. The predicted octanol–water partition coefficient (Wildman–Crippen LogP) is 1.76. The molecular weight excluding hydrogens is 372 g/mol. The number of carbonyl (C=O) groups excluding carboxylic acids is 2. The van der Waals surface area contributed by atoms with E-state index < -0.39 is 5.91 Å². The number of nitrogens with two attached hydrogens (primary N) is 1. The highest BCUT2D eigenvalue weighted by molar-refractivity contribution is 6.25. The zero-order valence-corrected chi connectivity index (χ0v) is 15.6. The van der Waals surface area contributed by atoms with Crippen LogP contribution in [0.3, 0.4) is 0 Å². The Labute approximate surface area is 167 Å². The summed E-state index contributed by atoms with van der Waals surface area (Å²) in [7, 11) is 0. The third kappa shape index (κ3) is 5.09. The van der Waals surface area contributed by atoms with E-state index >= 15 is 0 Å². The fourth-order valence-corrected chi connectivity index (χ4v) is 2.72. The number of rotatable bonds is 4. The van der Waals surface area contributed by atoms with Crippen LogP contribution in [0.4, 0.5) is 16.3 Å². The van der Waals surface area contributed by atoms with Gasteiger partial charge in [0.15, 0.2) is 0 Å². The molecule has 29 heavy (non-hydrogen) atoms. The molecule has 1 aliphatic rings. The average Bonchev–Trinajstić information content (AvgIpc) is 2.76. The van der Waals surface area contributed by atoms with Crippen LogP contribution < -0.4 is 16.4 Å². The van der Waals surface area contributed by atoms with Gasteiger partial charge >= 0.3 is 6.03 Å². The van der Waals surface area contributed by atoms with Crippen molar-refractivity contribution in [1.29, 1.82) is 5.26 Å². The number of nitriles is 1. The summed E-state index contributed by atoms with van der Waals surface area (Å²) in [6, 6.07) is 11.5. The van der Waals surface area contributed by atoms with Gasteiger partial charge in [0.25, 0.3) is 5.91 Å². The molecule has 0 radical (unpaired) electrons. The standard InChI is InChI=1S/C20H20N6O3/c21-11-14-1-3-15(4-2-14)17(12-22)19(27)25-18-6-5-16(13-23-18)24-20(28)26-7-9-29-10-8-26/h1-6,12-13H,7-10,22H2,(H,24,28)(H,23,25,27). The van der Waals surface area contributed by atoms with Gasteiger partial charge in [0.1, 0.15) is 5.82 Å². The van der Waals surface area contributed by atoms with E-state index in [0.29, 0.717) is 48.9 Å². The molecule has 1 aliphatic heterocycles. The zero-order chi connectivity index (χ0) is 20.6. The van der Waals surface area contributed by atoms with Crippen LogP contribution in [0.5, 0.6) is 0 Å². The fraction of sp³-hybridized carbons (Fsp3) is 0.200. The minimum absolute atomic E-state index is 0.221. The SMILES string of the molecule is N#Cc1ccc(C(=CN)C(=O)Nc2ccc(NC(=O)N3CCOCC3)cn2)cc1. The van der Waals surface area contributed by atoms with Crippen LogP contribution in [-0.2, 0) is 9.53 Å². The number of benzene rings is 1. The van der Waals surface area contributed by atoms with Crippen molar-refractivity contribution in [2.24, 2.45) is 5.73 Å². The fourth-order valence-electron chi connectivity index (χ4n) is 2.72. The molecule has 1 aromatic carbocycles. The van der Waals surface area contributed by atoms with E-state index in [1.165, 1.54) is 12.4 Å². The maximum atomic E-state index is 12.5. The van der Waals surface area contributed by atoms with Crippen molar-refractivity contribution in [3.63, 3.8) is 0 Å². The van der Waals surface area contributed by atoms with Crippen LogP contribution in [0.2, 0.25) is 0 Å². The van der Waals surface area contributed by atoms with Crippen molar-refractivity contribution in [3.05, 3.63) is 59.9 Å². The summed E-state index contributed by atoms with van der Waals surface area (Å²) in [5.74, 6) is -0.123. The smallest absolute Gasteiger partial charge is 0.322 e. The summed E-state index contributed by atoms with van der Waals surface area (Å²) in [6.45, 7) is 2.12. The lowest BCUT2D eigenvalue weighted by molar-refractivity contribution is -0.111. The lowest BCUT2D eigenvalue weighted by atomic mass is 10.0. The number of aromatic nitrogens is 1. The first-order chi connectivity index (χ1) is 14.1. The normalized spacial score (nSPS) is 14.0. The number of ether oxygens (including phenoxy) is 1. The Hall–Kier alpha value is -3.90. The number of nitrogens with zero attached hydrogens (tertiary/aromatic N) is 3. The highest BCUT2D eigenvalue weighted by Crippen LogP contribution is 2.17. The summed E-state index contributed by atoms with van der Waals surface area (Å²) < 4.78 is 5.22. The van der Waals surface area contributed by atoms with E-state index in [1.807, 2.05) is 6.07 Å². The third-order valence-corrected chi connectivity index (χ3v) is 4.29. The second-order valence-corrected chi connectivity index (χ2v) is 6.19. The van der Waals surface area contributed by atoms with E-state index in [0.717, 1.165) is 0 Å². The van der Waals surface area contributed by atoms with E-state index in [9.17, 15) is 9.59 Å². The molecule has 0 atom stereocenters. The van der Waals surface area contributed by atoms with Gasteiger partial charge in [-0.1, -0.05) is 12.1 Å². The van der Waals surface area contributed by atoms with E-state index in [-0.39, 0.29) is 11.6 Å². The number of anilines is 2. The number of hydrogen-bond donors (Lipinski definition) is 3. The Bertz CT molecular complexity index is 942. The highest BCUT2D eigenvalue weighted by Gasteiger charge is 2.17. The minimum atomic E-state index is -0.435. The van der Waals surface area contributed by atoms with Crippen molar-refractivity contribution in [2.45, 2.75) is 0 Å². The molecule has 0 spiro atoms. The summed E-state index contributed by atoms with van der Waals surface area (Å²) >= 11 is 0. The van der Waals surface area contributed by atoms with Gasteiger partial charge in [0, 0.05) is 19.3 Å². The number of nitrogens with one attached hydrogen (secondary N) is 2. The van der Waals surface area contributed by atoms with Gasteiger partial charge in [-0.3, -0.25) is 4.79 Å². The summed E-state index contributed by atoms with van der Waals surface area (Å²) in [4.78, 5) is 30.5. The first-order valence-corrected chi connectivity index (χ1v) is 8.94. The molecule has 0 aliphatic carbocycles. The molecule has 9 nitrogen and oxygen atoms in total. The van der Waals surface area contributed by atoms with Crippen molar-refractivity contribution in [1.82, 2.24) is 9.88 Å². The van der Waals surface area contributed by atoms with Crippen molar-refractivity contribution >= 4 is 29.0 Å². The Morgan fingerprint density at radius 2 is 1.86 bits per heavy atom. The van der Waals surface area contributed by atoms with Crippen molar-refractivity contribution in [3.8, 4) is 6.07 Å². The van der Waals surface area contributed by atoms with Gasteiger partial charge in [-0.15, -0.1) is 0 Å². The van der Waals surface area contributed by atoms with Gasteiger partial charge in [-0.2, -0.15) is 5.26 Å². The average molecular weight is 392 g/mol. The number of hydrogen-bond acceptors (Lipinski definition) is 6. The quantitative estimate of drug-likeness (QED) is 0.679. The number of carbonyl (C=O) groups is 2. The molecular formula is C20H20N6O3. The molecule has 1 saturated heterocycles. The van der Waals surface area contributed by atoms with Gasteiger partial charge in [0.2, 0.25) is 0 Å². The Morgan fingerprint density at radius 1 is 1.14 bits per heavy atom. The molecule has 1 aromatic heterocycles. The summed E-state index contributed by atoms with van der Waals surface area (Å²) in [5, 5.41) is 14.3. The number of amides is 3. The Kier molecular flexibility index (Phi) is 6.40. The summed E-state index contributed by atoms with van der Waals surface area (Å²) in [5.41, 5.74) is 7.45. The molecule has 2 aromatic rings. The van der Waals surface area contributed by atoms with Crippen molar-refractivity contribution < 1.29 is 14.3 Å². The second kappa shape index (κ2) is 9.34. The molecule has 3 rings (SSSR count). The van der Waals surface area contributed by atoms with Crippen LogP contribution in [0.1, 0.15) is 11.1 Å². The first kappa shape index (κ1) is 19.9. The Balaban J connectivity index is 1.61. The van der Waals surface area contributed by atoms with Crippen LogP contribution >= 0.6 is 0 Å². The van der Waals surface area contributed by atoms with E-state index in [2.05, 4.69) is 15.6 Å². The van der Waals surface area contributed by atoms with Gasteiger partial charge < -0.3 is 26.0 Å². The highest BCUT2D eigenvalue weighted by atomic mass is 16.5. The third-order valence-electron chi connectivity index (χ3n) is 4.29. The van der Waals surface area contributed by atoms with Crippen molar-refractivity contribution in [2.75, 3.05) is 36.9 Å². The van der Waals surface area contributed by atoms with Crippen LogP contribution in [0.15, 0.2) is 48.8 Å². The Morgan fingerprint density at radius 3 is 2.45 bits per heavy atom. The van der Waals surface area contributed by atoms with Gasteiger partial charge in [-0.25, -0.2) is 9.78 Å². The van der Waals surface area contributed by atoms with Crippen LogP contribution in [0.25, 0.3) is 5.57 Å². The monoisotopic (exact) mass is 392 g/mol. The molecule has 0 saturated carbocycles. The van der Waals surface area contributed by atoms with E-state index in [4.69, 9.17) is 15.7 Å². The maximum Gasteiger partial charge on any atom is 0.322 e. The number of urea groups is 1. The first-order valence-electron chi connectivity index (χ1n) is 8.94. The molecule has 1 fully saturated rings. The number of pyridine rings is 1. The molecule has 4 N–H and O–H groups in total. The maximum absolute atomic E-state index is 12.5. The van der Waals surface area contributed by atoms with Crippen LogP contribution in [0, 0.1) is 11.3 Å². The van der Waals surface area contributed by atoms with E-state index in [1.54, 1.807) is 41.3 Å². The molecule has 9 heteroatoms. The van der Waals surface area contributed by atoms with Crippen LogP contribution in [-0.4, -0.2) is 48.1 Å². The lowest BCUT2D eigenvalue weighted by Crippen LogP contribution is -2.43. The summed E-state index contributed by atoms with van der Waals surface area (Å²) in [6.07, 6.45) is 2.66. The number of morpholine rings is 1. The molecule has 0 bridgehead atoms. The largest absolute Gasteiger partial charge is 0.404 e. The molecule has 148 valence electrons. The second-order valence-electron chi connectivity index (χ2n) is 6.19. The lowest BCUT2D eigenvalue weighted by Gasteiger charge is -2.26. The predicted molar refractivity (Wildman–Crippen MR) is 108 cm³/mol. The minimum Gasteiger partial charge on any atom is -0.404 e. The zero-order valence-electron chi connectivity index (χ0n) is 15.6.